The van der Waals surface area contributed by atoms with Gasteiger partial charge in [-0.15, -0.1) is 0 Å². The summed E-state index contributed by atoms with van der Waals surface area (Å²) in [6.45, 7) is 1.39. The zero-order valence-corrected chi connectivity index (χ0v) is 11.5. The van der Waals surface area contributed by atoms with Gasteiger partial charge in [-0.2, -0.15) is 0 Å². The van der Waals surface area contributed by atoms with Gasteiger partial charge in [0.05, 0.1) is 12.2 Å². The van der Waals surface area contributed by atoms with Gasteiger partial charge in [-0.05, 0) is 32.2 Å². The molecule has 3 N–H and O–H groups in total. The van der Waals surface area contributed by atoms with E-state index >= 15 is 0 Å². The van der Waals surface area contributed by atoms with Gasteiger partial charge in [0.25, 0.3) is 0 Å². The van der Waals surface area contributed by atoms with Crippen molar-refractivity contribution in [3.8, 4) is 0 Å². The maximum absolute atomic E-state index is 10.1. The number of methoxy groups -OCH3 is 2. The van der Waals surface area contributed by atoms with Gasteiger partial charge in [-0.1, -0.05) is 6.42 Å². The van der Waals surface area contributed by atoms with E-state index in [0.29, 0.717) is 13.2 Å². The van der Waals surface area contributed by atoms with E-state index in [0.717, 1.165) is 32.1 Å². The van der Waals surface area contributed by atoms with E-state index in [9.17, 15) is 5.11 Å². The fraction of sp³-hybridized carbons (Fsp3) is 1.00. The van der Waals surface area contributed by atoms with E-state index in [2.05, 4.69) is 0 Å². The van der Waals surface area contributed by atoms with Crippen LogP contribution in [0.1, 0.15) is 32.1 Å². The number of hydrogen-bond donors (Lipinski definition) is 2. The van der Waals surface area contributed by atoms with Crippen LogP contribution >= 0.6 is 0 Å². The fourth-order valence-electron chi connectivity index (χ4n) is 2.62. The smallest absolute Gasteiger partial charge is 0.162 e. The lowest BCUT2D eigenvalue weighted by molar-refractivity contribution is -0.198. The van der Waals surface area contributed by atoms with Crippen LogP contribution in [0.5, 0.6) is 0 Å². The van der Waals surface area contributed by atoms with Gasteiger partial charge in [0.1, 0.15) is 0 Å². The molecule has 5 nitrogen and oxygen atoms in total. The minimum Gasteiger partial charge on any atom is -0.390 e. The Morgan fingerprint density at radius 3 is 2.61 bits per heavy atom. The molecule has 0 aromatic carbocycles. The normalized spacial score (nSPS) is 26.5. The molecule has 0 aliphatic carbocycles. The number of nitrogens with two attached hydrogens (primary N) is 1. The van der Waals surface area contributed by atoms with E-state index in [1.807, 2.05) is 0 Å². The average Bonchev–Trinajstić information content (AvgIpc) is 2.39. The van der Waals surface area contributed by atoms with Crippen LogP contribution in [0, 0.1) is 5.92 Å². The first kappa shape index (κ1) is 15.9. The standard InChI is InChI=1S/C13H27NO4/c1-16-13(17-2)10(6-3-4-8-14)12-11(15)7-5-9-18-12/h10-13,15H,3-9,14H2,1-2H3. The molecule has 3 unspecified atom stereocenters. The molecule has 0 aromatic rings. The number of unbranched alkanes of at least 4 members (excludes halogenated alkanes) is 1. The molecule has 1 aliphatic rings. The Hall–Kier alpha value is -0.200. The van der Waals surface area contributed by atoms with Crippen molar-refractivity contribution in [3.63, 3.8) is 0 Å². The van der Waals surface area contributed by atoms with E-state index < -0.39 is 6.10 Å². The number of aliphatic hydroxyl groups is 1. The third-order valence-corrected chi connectivity index (χ3v) is 3.56. The molecule has 3 atom stereocenters. The highest BCUT2D eigenvalue weighted by atomic mass is 16.7. The molecular weight excluding hydrogens is 234 g/mol. The van der Waals surface area contributed by atoms with Crippen LogP contribution in [0.4, 0.5) is 0 Å². The molecular formula is C13H27NO4. The van der Waals surface area contributed by atoms with E-state index in [-0.39, 0.29) is 18.3 Å². The molecule has 5 heteroatoms. The minimum absolute atomic E-state index is 0.0573. The molecule has 0 aromatic heterocycles. The summed E-state index contributed by atoms with van der Waals surface area (Å²) in [7, 11) is 3.25. The van der Waals surface area contributed by atoms with Crippen molar-refractivity contribution in [2.75, 3.05) is 27.4 Å². The summed E-state index contributed by atoms with van der Waals surface area (Å²) in [5.74, 6) is 0.0573. The second kappa shape index (κ2) is 8.82. The second-order valence-corrected chi connectivity index (χ2v) is 4.83. The Labute approximate surface area is 110 Å². The molecule has 1 heterocycles. The third-order valence-electron chi connectivity index (χ3n) is 3.56. The van der Waals surface area contributed by atoms with Crippen molar-refractivity contribution < 1.29 is 19.3 Å². The first-order valence-corrected chi connectivity index (χ1v) is 6.80. The summed E-state index contributed by atoms with van der Waals surface area (Å²) in [6, 6.07) is 0. The molecule has 1 aliphatic heterocycles. The molecule has 18 heavy (non-hydrogen) atoms. The molecule has 0 radical (unpaired) electrons. The maximum Gasteiger partial charge on any atom is 0.162 e. The lowest BCUT2D eigenvalue weighted by atomic mass is 9.88. The molecule has 0 spiro atoms. The van der Waals surface area contributed by atoms with Crippen molar-refractivity contribution in [3.05, 3.63) is 0 Å². The van der Waals surface area contributed by atoms with Crippen LogP contribution in [-0.4, -0.2) is 51.0 Å². The quantitative estimate of drug-likeness (QED) is 0.501. The first-order valence-electron chi connectivity index (χ1n) is 6.80. The maximum atomic E-state index is 10.1. The van der Waals surface area contributed by atoms with Crippen molar-refractivity contribution in [1.82, 2.24) is 0 Å². The number of hydrogen-bond acceptors (Lipinski definition) is 5. The first-order chi connectivity index (χ1) is 8.74. The summed E-state index contributed by atoms with van der Waals surface area (Å²) in [5, 5.41) is 10.1. The van der Waals surface area contributed by atoms with Crippen LogP contribution in [0.3, 0.4) is 0 Å². The zero-order chi connectivity index (χ0) is 13.4. The molecule has 0 saturated carbocycles. The van der Waals surface area contributed by atoms with E-state index in [1.165, 1.54) is 0 Å². The molecule has 108 valence electrons. The Morgan fingerprint density at radius 1 is 1.33 bits per heavy atom. The van der Waals surface area contributed by atoms with Gasteiger partial charge in [-0.25, -0.2) is 0 Å². The lowest BCUT2D eigenvalue weighted by Gasteiger charge is -2.37. The van der Waals surface area contributed by atoms with E-state index in [1.54, 1.807) is 14.2 Å². The Kier molecular flexibility index (Phi) is 7.77. The SMILES string of the molecule is COC(OC)C(CCCCN)C1OCCCC1O. The zero-order valence-electron chi connectivity index (χ0n) is 11.5. The third kappa shape index (κ3) is 4.48. The highest BCUT2D eigenvalue weighted by Crippen LogP contribution is 2.28. The van der Waals surface area contributed by atoms with Gasteiger partial charge in [0.15, 0.2) is 6.29 Å². The van der Waals surface area contributed by atoms with Crippen LogP contribution in [-0.2, 0) is 14.2 Å². The summed E-state index contributed by atoms with van der Waals surface area (Å²) in [5.41, 5.74) is 5.52. The van der Waals surface area contributed by atoms with Gasteiger partial charge < -0.3 is 25.1 Å². The van der Waals surface area contributed by atoms with E-state index in [4.69, 9.17) is 19.9 Å². The summed E-state index contributed by atoms with van der Waals surface area (Å²) >= 11 is 0. The average molecular weight is 261 g/mol. The van der Waals surface area contributed by atoms with Crippen LogP contribution in [0.2, 0.25) is 0 Å². The highest BCUT2D eigenvalue weighted by molar-refractivity contribution is 4.82. The predicted octanol–water partition coefficient (Wildman–Crippen LogP) is 0.890. The lowest BCUT2D eigenvalue weighted by Crippen LogP contribution is -2.45. The predicted molar refractivity (Wildman–Crippen MR) is 69.2 cm³/mol. The van der Waals surface area contributed by atoms with Crippen molar-refractivity contribution >= 4 is 0 Å². The molecule has 0 amide bonds. The second-order valence-electron chi connectivity index (χ2n) is 4.83. The van der Waals surface area contributed by atoms with Crippen LogP contribution in [0.25, 0.3) is 0 Å². The van der Waals surface area contributed by atoms with Gasteiger partial charge >= 0.3 is 0 Å². The monoisotopic (exact) mass is 261 g/mol. The molecule has 0 bridgehead atoms. The number of ether oxygens (including phenoxy) is 3. The summed E-state index contributed by atoms with van der Waals surface area (Å²) in [4.78, 5) is 0. The molecule has 1 fully saturated rings. The number of aliphatic hydroxyl groups excluding tert-OH is 1. The van der Waals surface area contributed by atoms with Gasteiger partial charge in [0, 0.05) is 26.7 Å². The Balaban J connectivity index is 2.61. The van der Waals surface area contributed by atoms with Crippen LogP contribution < -0.4 is 5.73 Å². The summed E-state index contributed by atoms with van der Waals surface area (Å²) in [6.07, 6.45) is 3.62. The van der Waals surface area contributed by atoms with Crippen molar-refractivity contribution in [1.29, 1.82) is 0 Å². The van der Waals surface area contributed by atoms with Gasteiger partial charge in [-0.3, -0.25) is 0 Å². The topological polar surface area (TPSA) is 73.9 Å². The highest BCUT2D eigenvalue weighted by Gasteiger charge is 2.36. The fourth-order valence-corrected chi connectivity index (χ4v) is 2.62. The Morgan fingerprint density at radius 2 is 2.06 bits per heavy atom. The van der Waals surface area contributed by atoms with Crippen molar-refractivity contribution in [2.45, 2.75) is 50.6 Å². The number of rotatable bonds is 8. The van der Waals surface area contributed by atoms with Crippen molar-refractivity contribution in [2.24, 2.45) is 11.7 Å². The van der Waals surface area contributed by atoms with Crippen LogP contribution in [0.15, 0.2) is 0 Å². The Bertz CT molecular complexity index is 211. The molecule has 1 saturated heterocycles. The minimum atomic E-state index is -0.422. The largest absolute Gasteiger partial charge is 0.390 e. The molecule has 1 rings (SSSR count). The summed E-state index contributed by atoms with van der Waals surface area (Å²) < 4.78 is 16.4. The van der Waals surface area contributed by atoms with Gasteiger partial charge in [0.2, 0.25) is 0 Å².